The number of benzene rings is 1. The van der Waals surface area contributed by atoms with Gasteiger partial charge in [0.15, 0.2) is 0 Å². The molecular formula is C9H8ClNO2. The average Bonchev–Trinajstić information content (AvgIpc) is 2.52. The van der Waals surface area contributed by atoms with E-state index in [4.69, 9.17) is 21.5 Å². The summed E-state index contributed by atoms with van der Waals surface area (Å²) in [7, 11) is 0. The van der Waals surface area contributed by atoms with Crippen molar-refractivity contribution in [3.63, 3.8) is 0 Å². The lowest BCUT2D eigenvalue weighted by Crippen LogP contribution is -1.86. The van der Waals surface area contributed by atoms with E-state index >= 15 is 0 Å². The number of oxime groups is 1. The molecule has 1 aliphatic heterocycles. The SMILES string of the molecule is ON=Cc1cc2c(cc1Cl)OCC2. The van der Waals surface area contributed by atoms with E-state index in [1.165, 1.54) is 6.21 Å². The summed E-state index contributed by atoms with van der Waals surface area (Å²) in [5.41, 5.74) is 1.83. The van der Waals surface area contributed by atoms with E-state index < -0.39 is 0 Å². The molecule has 1 aromatic carbocycles. The van der Waals surface area contributed by atoms with Crippen molar-refractivity contribution in [3.8, 4) is 5.75 Å². The lowest BCUT2D eigenvalue weighted by atomic mass is 10.1. The number of ether oxygens (including phenoxy) is 1. The smallest absolute Gasteiger partial charge is 0.124 e. The van der Waals surface area contributed by atoms with Crippen LogP contribution in [0.15, 0.2) is 17.3 Å². The van der Waals surface area contributed by atoms with Crippen molar-refractivity contribution in [2.45, 2.75) is 6.42 Å². The largest absolute Gasteiger partial charge is 0.493 e. The van der Waals surface area contributed by atoms with E-state index in [9.17, 15) is 0 Å². The Balaban J connectivity index is 2.49. The van der Waals surface area contributed by atoms with Gasteiger partial charge in [-0.25, -0.2) is 0 Å². The van der Waals surface area contributed by atoms with Crippen molar-refractivity contribution >= 4 is 17.8 Å². The molecule has 3 nitrogen and oxygen atoms in total. The summed E-state index contributed by atoms with van der Waals surface area (Å²) in [5, 5.41) is 11.9. The van der Waals surface area contributed by atoms with Gasteiger partial charge in [0.25, 0.3) is 0 Å². The predicted octanol–water partition coefficient (Wildman–Crippen LogP) is 2.08. The Labute approximate surface area is 80.6 Å². The van der Waals surface area contributed by atoms with Crippen LogP contribution >= 0.6 is 11.6 Å². The van der Waals surface area contributed by atoms with Crippen LogP contribution in [-0.4, -0.2) is 18.0 Å². The van der Waals surface area contributed by atoms with Gasteiger partial charge in [0.2, 0.25) is 0 Å². The van der Waals surface area contributed by atoms with Crippen LogP contribution in [0.4, 0.5) is 0 Å². The van der Waals surface area contributed by atoms with Gasteiger partial charge in [-0.05, 0) is 17.7 Å². The first-order chi connectivity index (χ1) is 6.31. The Hall–Kier alpha value is -1.22. The van der Waals surface area contributed by atoms with Crippen LogP contribution in [0.1, 0.15) is 11.1 Å². The minimum atomic E-state index is 0.540. The Kier molecular flexibility index (Phi) is 2.10. The Morgan fingerprint density at radius 1 is 1.54 bits per heavy atom. The zero-order chi connectivity index (χ0) is 9.26. The van der Waals surface area contributed by atoms with E-state index in [-0.39, 0.29) is 0 Å². The van der Waals surface area contributed by atoms with E-state index in [1.54, 1.807) is 6.07 Å². The fourth-order valence-electron chi connectivity index (χ4n) is 1.38. The molecule has 0 aliphatic carbocycles. The summed E-state index contributed by atoms with van der Waals surface area (Å²) in [4.78, 5) is 0. The van der Waals surface area contributed by atoms with E-state index in [1.807, 2.05) is 6.07 Å². The third-order valence-corrected chi connectivity index (χ3v) is 2.33. The van der Waals surface area contributed by atoms with E-state index in [2.05, 4.69) is 5.16 Å². The minimum absolute atomic E-state index is 0.540. The lowest BCUT2D eigenvalue weighted by Gasteiger charge is -2.01. The molecule has 0 radical (unpaired) electrons. The fraction of sp³-hybridized carbons (Fsp3) is 0.222. The van der Waals surface area contributed by atoms with Crippen molar-refractivity contribution in [1.29, 1.82) is 0 Å². The molecule has 2 rings (SSSR count). The number of fused-ring (bicyclic) bond motifs is 1. The maximum Gasteiger partial charge on any atom is 0.124 e. The molecule has 4 heteroatoms. The highest BCUT2D eigenvalue weighted by atomic mass is 35.5. The predicted molar refractivity (Wildman–Crippen MR) is 50.0 cm³/mol. The summed E-state index contributed by atoms with van der Waals surface area (Å²) in [5.74, 6) is 0.833. The summed E-state index contributed by atoms with van der Waals surface area (Å²) in [6.07, 6.45) is 2.21. The highest BCUT2D eigenvalue weighted by Gasteiger charge is 2.14. The van der Waals surface area contributed by atoms with Gasteiger partial charge >= 0.3 is 0 Å². The van der Waals surface area contributed by atoms with E-state index in [0.29, 0.717) is 17.2 Å². The van der Waals surface area contributed by atoms with Crippen LogP contribution in [0.2, 0.25) is 5.02 Å². The van der Waals surface area contributed by atoms with Gasteiger partial charge in [-0.1, -0.05) is 16.8 Å². The molecule has 0 spiro atoms. The molecule has 0 saturated carbocycles. The first-order valence-corrected chi connectivity index (χ1v) is 4.31. The highest BCUT2D eigenvalue weighted by Crippen LogP contribution is 2.30. The van der Waals surface area contributed by atoms with Gasteiger partial charge in [-0.3, -0.25) is 0 Å². The fourth-order valence-corrected chi connectivity index (χ4v) is 1.58. The third-order valence-electron chi connectivity index (χ3n) is 2.01. The zero-order valence-electron chi connectivity index (χ0n) is 6.83. The molecule has 1 N–H and O–H groups in total. The number of rotatable bonds is 1. The second-order valence-electron chi connectivity index (χ2n) is 2.82. The van der Waals surface area contributed by atoms with Gasteiger partial charge in [0, 0.05) is 12.0 Å². The molecule has 1 aliphatic rings. The molecule has 0 bridgehead atoms. The Morgan fingerprint density at radius 3 is 3.15 bits per heavy atom. The van der Waals surface area contributed by atoms with Gasteiger partial charge in [-0.15, -0.1) is 0 Å². The van der Waals surface area contributed by atoms with Gasteiger partial charge < -0.3 is 9.94 Å². The normalized spacial score (nSPS) is 14.5. The number of hydrogen-bond acceptors (Lipinski definition) is 3. The topological polar surface area (TPSA) is 41.8 Å². The molecule has 0 saturated heterocycles. The van der Waals surface area contributed by atoms with E-state index in [0.717, 1.165) is 17.7 Å². The molecule has 0 aromatic heterocycles. The lowest BCUT2D eigenvalue weighted by molar-refractivity contribution is 0.322. The first kappa shape index (κ1) is 8.38. The first-order valence-electron chi connectivity index (χ1n) is 3.94. The van der Waals surface area contributed by atoms with Crippen LogP contribution < -0.4 is 4.74 Å². The van der Waals surface area contributed by atoms with Crippen LogP contribution in [0.3, 0.4) is 0 Å². The number of nitrogens with zero attached hydrogens (tertiary/aromatic N) is 1. The Morgan fingerprint density at radius 2 is 2.38 bits per heavy atom. The van der Waals surface area contributed by atoms with Crippen molar-refractivity contribution in [2.24, 2.45) is 5.16 Å². The highest BCUT2D eigenvalue weighted by molar-refractivity contribution is 6.33. The standard InChI is InChI=1S/C9H8ClNO2/c10-8-4-9-6(1-2-13-9)3-7(8)5-11-12/h3-5,12H,1-2H2. The molecule has 1 aromatic rings. The van der Waals surface area contributed by atoms with Crippen LogP contribution in [0.25, 0.3) is 0 Å². The molecule has 0 amide bonds. The molecular weight excluding hydrogens is 190 g/mol. The van der Waals surface area contributed by atoms with Crippen LogP contribution in [0, 0.1) is 0 Å². The maximum absolute atomic E-state index is 8.37. The third kappa shape index (κ3) is 1.47. The van der Waals surface area contributed by atoms with Gasteiger partial charge in [0.05, 0.1) is 17.8 Å². The van der Waals surface area contributed by atoms with Crippen molar-refractivity contribution in [3.05, 3.63) is 28.3 Å². The molecule has 0 unspecified atom stereocenters. The summed E-state index contributed by atoms with van der Waals surface area (Å²) >= 11 is 5.90. The maximum atomic E-state index is 8.37. The molecule has 0 fully saturated rings. The molecule has 68 valence electrons. The van der Waals surface area contributed by atoms with Gasteiger partial charge in [-0.2, -0.15) is 0 Å². The van der Waals surface area contributed by atoms with Crippen molar-refractivity contribution in [1.82, 2.24) is 0 Å². The van der Waals surface area contributed by atoms with Gasteiger partial charge in [0.1, 0.15) is 5.75 Å². The summed E-state index contributed by atoms with van der Waals surface area (Å²) < 4.78 is 5.32. The number of halogens is 1. The number of hydrogen-bond donors (Lipinski definition) is 1. The monoisotopic (exact) mass is 197 g/mol. The quantitative estimate of drug-likeness (QED) is 0.426. The van der Waals surface area contributed by atoms with Crippen LogP contribution in [-0.2, 0) is 6.42 Å². The van der Waals surface area contributed by atoms with Crippen LogP contribution in [0.5, 0.6) is 5.75 Å². The average molecular weight is 198 g/mol. The molecule has 1 heterocycles. The Bertz CT molecular complexity index is 363. The second kappa shape index (κ2) is 3.26. The second-order valence-corrected chi connectivity index (χ2v) is 3.23. The summed E-state index contributed by atoms with van der Waals surface area (Å²) in [6.45, 7) is 0.700. The molecule has 0 atom stereocenters. The van der Waals surface area contributed by atoms with Crippen molar-refractivity contribution in [2.75, 3.05) is 6.61 Å². The minimum Gasteiger partial charge on any atom is -0.493 e. The molecule has 13 heavy (non-hydrogen) atoms. The van der Waals surface area contributed by atoms with Crippen molar-refractivity contribution < 1.29 is 9.94 Å². The summed E-state index contributed by atoms with van der Waals surface area (Å²) in [6, 6.07) is 3.63. The zero-order valence-corrected chi connectivity index (χ0v) is 7.58.